The largest absolute Gasteiger partial charge is 0.480 e. The maximum atomic E-state index is 11.9. The lowest BCUT2D eigenvalue weighted by Crippen LogP contribution is -2.62. The van der Waals surface area contributed by atoms with Crippen LogP contribution in [0.15, 0.2) is 0 Å². The molecule has 0 radical (unpaired) electrons. The van der Waals surface area contributed by atoms with Crippen molar-refractivity contribution in [2.75, 3.05) is 0 Å². The number of carboxylic acid groups (broad SMARTS) is 1. The van der Waals surface area contributed by atoms with E-state index >= 15 is 0 Å². The fourth-order valence-electron chi connectivity index (χ4n) is 3.98. The number of nitrogens with one attached hydrogen (secondary N) is 1. The molecule has 0 saturated heterocycles. The predicted octanol–water partition coefficient (Wildman–Crippen LogP) is 3.58. The van der Waals surface area contributed by atoms with Gasteiger partial charge in [0.15, 0.2) is 0 Å². The van der Waals surface area contributed by atoms with Gasteiger partial charge in [0.25, 0.3) is 0 Å². The third-order valence-corrected chi connectivity index (χ3v) is 5.30. The Hall–Kier alpha value is -0.570. The molecule has 2 saturated carbocycles. The second-order valence-electron chi connectivity index (χ2n) is 6.90. The molecule has 3 heteroatoms. The van der Waals surface area contributed by atoms with Gasteiger partial charge in [-0.2, -0.15) is 0 Å². The molecule has 19 heavy (non-hydrogen) atoms. The van der Waals surface area contributed by atoms with E-state index in [1.807, 2.05) is 0 Å². The van der Waals surface area contributed by atoms with Gasteiger partial charge in [-0.3, -0.25) is 10.1 Å². The van der Waals surface area contributed by atoms with E-state index in [1.54, 1.807) is 0 Å². The first-order valence-electron chi connectivity index (χ1n) is 8.05. The summed E-state index contributed by atoms with van der Waals surface area (Å²) >= 11 is 0. The molecular formula is C16H29NO2. The van der Waals surface area contributed by atoms with Crippen molar-refractivity contribution in [1.29, 1.82) is 0 Å². The lowest BCUT2D eigenvalue weighted by Gasteiger charge is -2.44. The van der Waals surface area contributed by atoms with E-state index in [1.165, 1.54) is 32.1 Å². The number of rotatable bonds is 3. The Bertz CT molecular complexity index is 310. The first-order valence-corrected chi connectivity index (χ1v) is 8.05. The third-order valence-electron chi connectivity index (χ3n) is 5.30. The van der Waals surface area contributed by atoms with Gasteiger partial charge in [-0.15, -0.1) is 0 Å². The molecular weight excluding hydrogens is 238 g/mol. The van der Waals surface area contributed by atoms with Crippen LogP contribution in [0.3, 0.4) is 0 Å². The molecule has 3 nitrogen and oxygen atoms in total. The van der Waals surface area contributed by atoms with Gasteiger partial charge in [0.05, 0.1) is 0 Å². The summed E-state index contributed by atoms with van der Waals surface area (Å²) in [5.41, 5.74) is -0.674. The van der Waals surface area contributed by atoms with Crippen molar-refractivity contribution in [1.82, 2.24) is 5.32 Å². The number of hydrogen-bond acceptors (Lipinski definition) is 2. The van der Waals surface area contributed by atoms with Crippen molar-refractivity contribution in [3.05, 3.63) is 0 Å². The molecule has 2 N–H and O–H groups in total. The molecule has 0 aliphatic heterocycles. The Labute approximate surface area is 117 Å². The lowest BCUT2D eigenvalue weighted by molar-refractivity contribution is -0.150. The van der Waals surface area contributed by atoms with Crippen LogP contribution in [0.2, 0.25) is 0 Å². The SMILES string of the molecule is CC1CCC(C)C(NC2CCCCCC2)(C(=O)O)C1. The van der Waals surface area contributed by atoms with Crippen molar-refractivity contribution in [3.63, 3.8) is 0 Å². The van der Waals surface area contributed by atoms with Crippen molar-refractivity contribution in [3.8, 4) is 0 Å². The summed E-state index contributed by atoms with van der Waals surface area (Å²) < 4.78 is 0. The van der Waals surface area contributed by atoms with Gasteiger partial charge in [0.1, 0.15) is 5.54 Å². The molecule has 0 aromatic carbocycles. The van der Waals surface area contributed by atoms with E-state index in [0.717, 1.165) is 25.7 Å². The van der Waals surface area contributed by atoms with Crippen molar-refractivity contribution in [2.45, 2.75) is 83.2 Å². The highest BCUT2D eigenvalue weighted by Gasteiger charge is 2.47. The monoisotopic (exact) mass is 267 g/mol. The van der Waals surface area contributed by atoms with Gasteiger partial charge in [-0.1, -0.05) is 46.0 Å². The maximum absolute atomic E-state index is 11.9. The van der Waals surface area contributed by atoms with E-state index in [2.05, 4.69) is 19.2 Å². The highest BCUT2D eigenvalue weighted by molar-refractivity contribution is 5.79. The first kappa shape index (κ1) is 14.8. The summed E-state index contributed by atoms with van der Waals surface area (Å²) in [5.74, 6) is 0.130. The van der Waals surface area contributed by atoms with E-state index in [4.69, 9.17) is 0 Å². The van der Waals surface area contributed by atoms with Crippen LogP contribution in [-0.4, -0.2) is 22.7 Å². The second-order valence-corrected chi connectivity index (χ2v) is 6.90. The molecule has 2 fully saturated rings. The summed E-state index contributed by atoms with van der Waals surface area (Å²) in [6, 6.07) is 0.409. The standard InChI is InChI=1S/C16H29NO2/c1-12-9-10-13(2)16(11-12,15(18)19)17-14-7-5-3-4-6-8-14/h12-14,17H,3-11H2,1-2H3,(H,18,19). The molecule has 110 valence electrons. The highest BCUT2D eigenvalue weighted by atomic mass is 16.4. The Morgan fingerprint density at radius 1 is 1.05 bits per heavy atom. The van der Waals surface area contributed by atoms with Crippen molar-refractivity contribution in [2.24, 2.45) is 11.8 Å². The number of aliphatic carboxylic acids is 1. The van der Waals surface area contributed by atoms with E-state index in [9.17, 15) is 9.90 Å². The topological polar surface area (TPSA) is 49.3 Å². The quantitative estimate of drug-likeness (QED) is 0.768. The third kappa shape index (κ3) is 3.31. The van der Waals surface area contributed by atoms with Crippen molar-refractivity contribution < 1.29 is 9.90 Å². The minimum atomic E-state index is -0.674. The van der Waals surface area contributed by atoms with Gasteiger partial charge in [0.2, 0.25) is 0 Å². The molecule has 0 spiro atoms. The summed E-state index contributed by atoms with van der Waals surface area (Å²) in [6.45, 7) is 4.31. The summed E-state index contributed by atoms with van der Waals surface area (Å²) in [6.07, 6.45) is 10.4. The van der Waals surface area contributed by atoms with Crippen LogP contribution in [-0.2, 0) is 4.79 Å². The lowest BCUT2D eigenvalue weighted by atomic mass is 9.69. The minimum Gasteiger partial charge on any atom is -0.480 e. The van der Waals surface area contributed by atoms with Crippen LogP contribution in [0, 0.1) is 11.8 Å². The zero-order chi connectivity index (χ0) is 13.9. The van der Waals surface area contributed by atoms with Gasteiger partial charge in [0, 0.05) is 6.04 Å². The Balaban J connectivity index is 2.11. The number of carbonyl (C=O) groups is 1. The van der Waals surface area contributed by atoms with Crippen LogP contribution in [0.25, 0.3) is 0 Å². The minimum absolute atomic E-state index is 0.240. The van der Waals surface area contributed by atoms with E-state index in [-0.39, 0.29) is 5.92 Å². The van der Waals surface area contributed by atoms with Gasteiger partial charge < -0.3 is 5.11 Å². The Morgan fingerprint density at radius 3 is 2.26 bits per heavy atom. The predicted molar refractivity (Wildman–Crippen MR) is 77.2 cm³/mol. The summed E-state index contributed by atoms with van der Waals surface area (Å²) in [4.78, 5) is 11.9. The molecule has 2 aliphatic rings. The second kappa shape index (κ2) is 6.25. The molecule has 2 rings (SSSR count). The fraction of sp³-hybridized carbons (Fsp3) is 0.938. The van der Waals surface area contributed by atoms with Crippen LogP contribution in [0.1, 0.15) is 71.6 Å². The number of hydrogen-bond donors (Lipinski definition) is 2. The van der Waals surface area contributed by atoms with Gasteiger partial charge in [-0.05, 0) is 37.5 Å². The number of carboxylic acids is 1. The fourth-order valence-corrected chi connectivity index (χ4v) is 3.98. The van der Waals surface area contributed by atoms with Crippen LogP contribution < -0.4 is 5.32 Å². The van der Waals surface area contributed by atoms with Gasteiger partial charge in [-0.25, -0.2) is 0 Å². The average molecular weight is 267 g/mol. The summed E-state index contributed by atoms with van der Waals surface area (Å²) in [7, 11) is 0. The zero-order valence-electron chi connectivity index (χ0n) is 12.5. The molecule has 0 bridgehead atoms. The van der Waals surface area contributed by atoms with E-state index in [0.29, 0.717) is 12.0 Å². The Morgan fingerprint density at radius 2 is 1.68 bits per heavy atom. The molecule has 0 aromatic rings. The smallest absolute Gasteiger partial charge is 0.324 e. The Kier molecular flexibility index (Phi) is 4.88. The normalized spacial score (nSPS) is 37.8. The average Bonchev–Trinajstić information content (AvgIpc) is 2.62. The molecule has 2 aliphatic carbocycles. The molecule has 3 unspecified atom stereocenters. The van der Waals surface area contributed by atoms with Crippen LogP contribution in [0.4, 0.5) is 0 Å². The summed E-state index contributed by atoms with van der Waals surface area (Å²) in [5, 5.41) is 13.4. The molecule has 0 amide bonds. The first-order chi connectivity index (χ1) is 9.04. The van der Waals surface area contributed by atoms with Crippen LogP contribution >= 0.6 is 0 Å². The molecule has 0 aromatic heterocycles. The maximum Gasteiger partial charge on any atom is 0.324 e. The van der Waals surface area contributed by atoms with Crippen molar-refractivity contribution >= 4 is 5.97 Å². The van der Waals surface area contributed by atoms with Crippen LogP contribution in [0.5, 0.6) is 0 Å². The molecule has 3 atom stereocenters. The van der Waals surface area contributed by atoms with Gasteiger partial charge >= 0.3 is 5.97 Å². The van der Waals surface area contributed by atoms with E-state index < -0.39 is 11.5 Å². The molecule has 0 heterocycles. The zero-order valence-corrected chi connectivity index (χ0v) is 12.5. The highest BCUT2D eigenvalue weighted by Crippen LogP contribution is 2.38.